The molecule has 0 bridgehead atoms. The molecule has 30 heavy (non-hydrogen) atoms. The average molecular weight is 553 g/mol. The highest BCUT2D eigenvalue weighted by molar-refractivity contribution is 14.0. The molecule has 0 aliphatic heterocycles. The summed E-state index contributed by atoms with van der Waals surface area (Å²) in [6.45, 7) is 4.42. The van der Waals surface area contributed by atoms with Gasteiger partial charge in [-0.05, 0) is 42.4 Å². The van der Waals surface area contributed by atoms with Gasteiger partial charge in [0.25, 0.3) is 0 Å². The van der Waals surface area contributed by atoms with Crippen molar-refractivity contribution in [2.24, 2.45) is 16.8 Å². The minimum Gasteiger partial charge on any atom is -0.383 e. The molecule has 1 aliphatic rings. The first-order chi connectivity index (χ1) is 13.9. The number of nitrogens with one attached hydrogen (secondary N) is 2. The van der Waals surface area contributed by atoms with Crippen LogP contribution in [0.25, 0.3) is 0 Å². The van der Waals surface area contributed by atoms with Gasteiger partial charge in [-0.1, -0.05) is 31.9 Å². The topological polar surface area (TPSA) is 83.0 Å². The third-order valence-electron chi connectivity index (χ3n) is 5.50. The van der Waals surface area contributed by atoms with Crippen molar-refractivity contribution in [1.29, 1.82) is 0 Å². The van der Waals surface area contributed by atoms with Gasteiger partial charge >= 0.3 is 0 Å². The lowest BCUT2D eigenvalue weighted by molar-refractivity contribution is 0.204. The van der Waals surface area contributed by atoms with Crippen LogP contribution < -0.4 is 10.0 Å². The average Bonchev–Trinajstić information content (AvgIpc) is 2.70. The number of ether oxygens (including phenoxy) is 1. The van der Waals surface area contributed by atoms with E-state index in [0.717, 1.165) is 24.0 Å². The fraction of sp³-hybridized carbons (Fsp3) is 0.667. The molecule has 0 spiro atoms. The number of methoxy groups -OCH3 is 1. The monoisotopic (exact) mass is 552 g/mol. The van der Waals surface area contributed by atoms with Gasteiger partial charge in [0.2, 0.25) is 10.0 Å². The van der Waals surface area contributed by atoms with Gasteiger partial charge in [-0.15, -0.1) is 24.0 Å². The quantitative estimate of drug-likeness (QED) is 0.213. The summed E-state index contributed by atoms with van der Waals surface area (Å²) < 4.78 is 32.2. The van der Waals surface area contributed by atoms with Crippen molar-refractivity contribution in [3.63, 3.8) is 0 Å². The van der Waals surface area contributed by atoms with E-state index in [4.69, 9.17) is 4.74 Å². The van der Waals surface area contributed by atoms with E-state index >= 15 is 0 Å². The summed E-state index contributed by atoms with van der Waals surface area (Å²) in [5, 5.41) is 3.36. The molecule has 0 radical (unpaired) electrons. The Morgan fingerprint density at radius 3 is 2.60 bits per heavy atom. The molecule has 0 heterocycles. The second kappa shape index (κ2) is 13.5. The van der Waals surface area contributed by atoms with Crippen molar-refractivity contribution in [2.45, 2.75) is 44.0 Å². The number of hydrogen-bond acceptors (Lipinski definition) is 4. The number of sulfonamides is 1. The van der Waals surface area contributed by atoms with Gasteiger partial charge in [0.05, 0.1) is 11.5 Å². The molecular weight excluding hydrogens is 515 g/mol. The van der Waals surface area contributed by atoms with Gasteiger partial charge in [-0.25, -0.2) is 13.1 Å². The zero-order valence-corrected chi connectivity index (χ0v) is 21.7. The summed E-state index contributed by atoms with van der Waals surface area (Å²) in [6.07, 6.45) is 5.17. The number of benzene rings is 1. The van der Waals surface area contributed by atoms with Crippen molar-refractivity contribution in [1.82, 2.24) is 14.9 Å². The highest BCUT2D eigenvalue weighted by Crippen LogP contribution is 2.28. The van der Waals surface area contributed by atoms with Crippen molar-refractivity contribution < 1.29 is 13.2 Å². The molecule has 1 aromatic carbocycles. The van der Waals surface area contributed by atoms with E-state index in [9.17, 15) is 8.42 Å². The Kier molecular flexibility index (Phi) is 12.2. The molecular formula is C21H37IN4O3S. The maximum atomic E-state index is 12.4. The van der Waals surface area contributed by atoms with Crippen LogP contribution in [0.2, 0.25) is 0 Å². The third kappa shape index (κ3) is 8.68. The first-order valence-electron chi connectivity index (χ1n) is 10.3. The second-order valence-corrected chi connectivity index (χ2v) is 9.71. The molecule has 2 rings (SSSR count). The molecule has 172 valence electrons. The molecule has 7 nitrogen and oxygen atoms in total. The molecule has 2 N–H and O–H groups in total. The van der Waals surface area contributed by atoms with Crippen molar-refractivity contribution >= 4 is 40.0 Å². The van der Waals surface area contributed by atoms with E-state index in [0.29, 0.717) is 19.1 Å². The Bertz CT molecular complexity index is 765. The van der Waals surface area contributed by atoms with Crippen molar-refractivity contribution in [3.05, 3.63) is 29.8 Å². The molecule has 0 amide bonds. The van der Waals surface area contributed by atoms with Gasteiger partial charge < -0.3 is 15.0 Å². The number of guanidine groups is 1. The fourth-order valence-electron chi connectivity index (χ4n) is 3.74. The predicted octanol–water partition coefficient (Wildman–Crippen LogP) is 3.06. The number of hydrogen-bond donors (Lipinski definition) is 2. The lowest BCUT2D eigenvalue weighted by atomic mass is 9.83. The normalized spacial score (nSPS) is 19.8. The predicted molar refractivity (Wildman–Crippen MR) is 133 cm³/mol. The van der Waals surface area contributed by atoms with E-state index in [2.05, 4.69) is 33.9 Å². The Balaban J connectivity index is 0.00000450. The molecule has 1 aromatic rings. The maximum absolute atomic E-state index is 12.4. The van der Waals surface area contributed by atoms with Crippen LogP contribution in [-0.2, 0) is 21.3 Å². The molecule has 1 saturated carbocycles. The summed E-state index contributed by atoms with van der Waals surface area (Å²) in [6, 6.07) is 6.97. The molecule has 0 aromatic heterocycles. The lowest BCUT2D eigenvalue weighted by Gasteiger charge is -2.31. The van der Waals surface area contributed by atoms with Crippen LogP contribution in [0.5, 0.6) is 0 Å². The Labute approximate surface area is 199 Å². The third-order valence-corrected chi connectivity index (χ3v) is 6.96. The summed E-state index contributed by atoms with van der Waals surface area (Å²) in [5.74, 6) is 2.39. The van der Waals surface area contributed by atoms with Gasteiger partial charge in [0.1, 0.15) is 0 Å². The molecule has 1 aliphatic carbocycles. The van der Waals surface area contributed by atoms with Crippen LogP contribution in [0.1, 0.15) is 38.2 Å². The molecule has 1 fully saturated rings. The lowest BCUT2D eigenvalue weighted by Crippen LogP contribution is -2.41. The first-order valence-corrected chi connectivity index (χ1v) is 11.8. The van der Waals surface area contributed by atoms with Crippen LogP contribution in [0.15, 0.2) is 34.2 Å². The van der Waals surface area contributed by atoms with Gasteiger partial charge in [0, 0.05) is 40.8 Å². The number of rotatable bonds is 9. The van der Waals surface area contributed by atoms with Gasteiger partial charge in [0.15, 0.2) is 5.96 Å². The zero-order valence-electron chi connectivity index (χ0n) is 18.6. The summed E-state index contributed by atoms with van der Waals surface area (Å²) in [7, 11) is 1.85. The Morgan fingerprint density at radius 1 is 1.27 bits per heavy atom. The summed E-state index contributed by atoms with van der Waals surface area (Å²) >= 11 is 0. The van der Waals surface area contributed by atoms with E-state index < -0.39 is 10.0 Å². The molecule has 0 unspecified atom stereocenters. The molecule has 9 heteroatoms. The maximum Gasteiger partial charge on any atom is 0.240 e. The van der Waals surface area contributed by atoms with E-state index in [-0.39, 0.29) is 35.4 Å². The number of halogens is 1. The zero-order chi connectivity index (χ0) is 21.3. The SMILES string of the molecule is CN=C(NCc1cccc(S(=O)(=O)NCCOC)c1)N(C)CC1CCC(C)CC1.I. The number of nitrogens with zero attached hydrogens (tertiary/aromatic N) is 2. The Morgan fingerprint density at radius 2 is 1.97 bits per heavy atom. The number of aliphatic imine (C=N–C) groups is 1. The van der Waals surface area contributed by atoms with E-state index in [1.165, 1.54) is 25.7 Å². The van der Waals surface area contributed by atoms with Crippen LogP contribution in [0.4, 0.5) is 0 Å². The highest BCUT2D eigenvalue weighted by Gasteiger charge is 2.20. The van der Waals surface area contributed by atoms with Gasteiger partial charge in [-0.3, -0.25) is 4.99 Å². The van der Waals surface area contributed by atoms with Gasteiger partial charge in [-0.2, -0.15) is 0 Å². The van der Waals surface area contributed by atoms with Crippen LogP contribution in [0, 0.1) is 11.8 Å². The summed E-state index contributed by atoms with van der Waals surface area (Å²) in [5.41, 5.74) is 0.889. The van der Waals surface area contributed by atoms with E-state index in [1.807, 2.05) is 6.07 Å². The Hall–Kier alpha value is -0.910. The molecule has 0 saturated heterocycles. The van der Waals surface area contributed by atoms with Crippen LogP contribution in [0.3, 0.4) is 0 Å². The summed E-state index contributed by atoms with van der Waals surface area (Å²) in [4.78, 5) is 6.82. The molecule has 0 atom stereocenters. The second-order valence-electron chi connectivity index (χ2n) is 7.95. The minimum absolute atomic E-state index is 0. The van der Waals surface area contributed by atoms with E-state index in [1.54, 1.807) is 32.4 Å². The minimum atomic E-state index is -3.54. The van der Waals surface area contributed by atoms with Crippen molar-refractivity contribution in [3.8, 4) is 0 Å². The highest BCUT2D eigenvalue weighted by atomic mass is 127. The smallest absolute Gasteiger partial charge is 0.240 e. The van der Waals surface area contributed by atoms with Crippen LogP contribution >= 0.6 is 24.0 Å². The standard InChI is InChI=1S/C21H36N4O3S.HI/c1-17-8-10-18(11-9-17)16-25(3)21(22-2)23-15-19-6-5-7-20(14-19)29(26,27)24-12-13-28-4;/h5-7,14,17-18,24H,8-13,15-16H2,1-4H3,(H,22,23);1H. The fourth-order valence-corrected chi connectivity index (χ4v) is 4.82. The van der Waals surface area contributed by atoms with Crippen molar-refractivity contribution in [2.75, 3.05) is 40.9 Å². The first kappa shape index (κ1) is 27.1. The van der Waals surface area contributed by atoms with Crippen LogP contribution in [-0.4, -0.2) is 60.2 Å². The largest absolute Gasteiger partial charge is 0.383 e.